The van der Waals surface area contributed by atoms with Crippen molar-refractivity contribution in [3.05, 3.63) is 76.1 Å². The lowest BCUT2D eigenvalue weighted by Gasteiger charge is -2.37. The summed E-state index contributed by atoms with van der Waals surface area (Å²) >= 11 is 9.16. The van der Waals surface area contributed by atoms with Crippen molar-refractivity contribution in [3.63, 3.8) is 0 Å². The third-order valence-electron chi connectivity index (χ3n) is 5.60. The first-order valence-electron chi connectivity index (χ1n) is 9.97. The predicted octanol–water partition coefficient (Wildman–Crippen LogP) is 4.16. The van der Waals surface area contributed by atoms with Crippen LogP contribution in [0.3, 0.4) is 0 Å². The number of carbonyl (C=O) groups is 2. The molecule has 2 aromatic rings. The summed E-state index contributed by atoms with van der Waals surface area (Å²) < 4.78 is 19.2. The van der Waals surface area contributed by atoms with Crippen LogP contribution in [-0.4, -0.2) is 54.7 Å². The number of hydrogen-bond acceptors (Lipinski definition) is 4. The topological polar surface area (TPSA) is 49.9 Å². The van der Waals surface area contributed by atoms with E-state index in [2.05, 4.69) is 20.8 Å². The first kappa shape index (κ1) is 22.0. The highest BCUT2D eigenvalue weighted by Gasteiger charge is 2.38. The molecule has 8 heteroatoms. The normalized spacial score (nSPS) is 19.1. The van der Waals surface area contributed by atoms with E-state index >= 15 is 0 Å². The molecule has 0 aliphatic carbocycles. The highest BCUT2D eigenvalue weighted by atomic mass is 79.9. The smallest absolute Gasteiger partial charge is 0.253 e. The maximum atomic E-state index is 13.5. The zero-order chi connectivity index (χ0) is 22.0. The lowest BCUT2D eigenvalue weighted by molar-refractivity contribution is -0.128. The van der Waals surface area contributed by atoms with Crippen LogP contribution in [0, 0.1) is 5.82 Å². The van der Waals surface area contributed by atoms with Crippen LogP contribution >= 0.6 is 27.5 Å². The molecule has 2 heterocycles. The van der Waals surface area contributed by atoms with Gasteiger partial charge in [0.25, 0.3) is 5.91 Å². The Hall–Kier alpha value is -2.22. The Bertz CT molecular complexity index is 1000. The lowest BCUT2D eigenvalue weighted by Crippen LogP contribution is -2.49. The van der Waals surface area contributed by atoms with Crippen molar-refractivity contribution in [2.24, 2.45) is 0 Å². The van der Waals surface area contributed by atoms with E-state index in [-0.39, 0.29) is 29.4 Å². The van der Waals surface area contributed by atoms with Crippen LogP contribution in [0.5, 0.6) is 0 Å². The fourth-order valence-electron chi connectivity index (χ4n) is 3.93. The van der Waals surface area contributed by atoms with Crippen LogP contribution in [0.25, 0.3) is 0 Å². The molecule has 0 spiro atoms. The van der Waals surface area contributed by atoms with Gasteiger partial charge >= 0.3 is 0 Å². The molecule has 0 N–H and O–H groups in total. The van der Waals surface area contributed by atoms with Gasteiger partial charge in [0.1, 0.15) is 11.9 Å². The Kier molecular flexibility index (Phi) is 6.74. The summed E-state index contributed by atoms with van der Waals surface area (Å²) in [6.07, 6.45) is -0.680. The van der Waals surface area contributed by atoms with Gasteiger partial charge in [0.05, 0.1) is 17.5 Å². The van der Waals surface area contributed by atoms with Gasteiger partial charge < -0.3 is 14.5 Å². The third-order valence-corrected chi connectivity index (χ3v) is 6.36. The summed E-state index contributed by atoms with van der Waals surface area (Å²) in [4.78, 5) is 29.9. The standard InChI is InChI=1S/C23H21BrClFN2O3/c24-13-20(29)19-14-31-22(15-1-5-17(26)6-2-15)21(19)23(30)28-11-9-27(10-12-28)18-7-3-16(25)4-8-18/h1-8,22H,9-14H2. The molecule has 0 radical (unpaired) electrons. The van der Waals surface area contributed by atoms with Gasteiger partial charge in [-0.05, 0) is 42.0 Å². The molecule has 5 nitrogen and oxygen atoms in total. The molecule has 1 unspecified atom stereocenters. The predicted molar refractivity (Wildman–Crippen MR) is 121 cm³/mol. The molecular formula is C23H21BrClFN2O3. The van der Waals surface area contributed by atoms with Gasteiger partial charge in [0, 0.05) is 42.5 Å². The SMILES string of the molecule is O=C(CBr)C1=C(C(=O)N2CCN(c3ccc(Cl)cc3)CC2)C(c2ccc(F)cc2)OC1. The zero-order valence-corrected chi connectivity index (χ0v) is 19.0. The van der Waals surface area contributed by atoms with Crippen LogP contribution in [0.15, 0.2) is 59.7 Å². The molecule has 1 amide bonds. The number of hydrogen-bond donors (Lipinski definition) is 0. The molecule has 1 saturated heterocycles. The fraction of sp³-hybridized carbons (Fsp3) is 0.304. The zero-order valence-electron chi connectivity index (χ0n) is 16.7. The quantitative estimate of drug-likeness (QED) is 0.571. The number of amides is 1. The van der Waals surface area contributed by atoms with Crippen LogP contribution in [-0.2, 0) is 14.3 Å². The van der Waals surface area contributed by atoms with Gasteiger partial charge in [-0.1, -0.05) is 39.7 Å². The average Bonchev–Trinajstić information content (AvgIpc) is 3.24. The van der Waals surface area contributed by atoms with E-state index < -0.39 is 6.10 Å². The van der Waals surface area contributed by atoms with E-state index in [0.29, 0.717) is 47.9 Å². The molecule has 162 valence electrons. The summed E-state index contributed by atoms with van der Waals surface area (Å²) in [5.74, 6) is -0.742. The number of halogens is 3. The minimum absolute atomic E-state index is 0.0677. The van der Waals surface area contributed by atoms with Crippen LogP contribution < -0.4 is 4.90 Å². The number of Topliss-reactive ketones (excluding diaryl/α,β-unsaturated/α-hetero) is 1. The van der Waals surface area contributed by atoms with Crippen molar-refractivity contribution < 1.29 is 18.7 Å². The molecule has 0 bridgehead atoms. The Morgan fingerprint density at radius 1 is 1.03 bits per heavy atom. The Labute approximate surface area is 193 Å². The largest absolute Gasteiger partial charge is 0.368 e. The third kappa shape index (κ3) is 4.68. The maximum Gasteiger partial charge on any atom is 0.253 e. The van der Waals surface area contributed by atoms with Gasteiger partial charge in [0.15, 0.2) is 5.78 Å². The minimum Gasteiger partial charge on any atom is -0.368 e. The van der Waals surface area contributed by atoms with Crippen molar-refractivity contribution in [1.29, 1.82) is 0 Å². The Morgan fingerprint density at radius 2 is 1.68 bits per heavy atom. The molecular weight excluding hydrogens is 487 g/mol. The molecule has 4 rings (SSSR count). The minimum atomic E-state index is -0.680. The molecule has 2 aliphatic rings. The number of ether oxygens (including phenoxy) is 1. The van der Waals surface area contributed by atoms with Crippen molar-refractivity contribution in [1.82, 2.24) is 4.90 Å². The number of alkyl halides is 1. The summed E-state index contributed by atoms with van der Waals surface area (Å²) in [5, 5.41) is 0.796. The number of rotatable bonds is 5. The highest BCUT2D eigenvalue weighted by Crippen LogP contribution is 2.36. The van der Waals surface area contributed by atoms with E-state index in [1.54, 1.807) is 17.0 Å². The molecule has 0 saturated carbocycles. The van der Waals surface area contributed by atoms with Crippen molar-refractivity contribution >= 4 is 44.9 Å². The fourth-order valence-corrected chi connectivity index (χ4v) is 4.39. The van der Waals surface area contributed by atoms with Gasteiger partial charge in [-0.15, -0.1) is 0 Å². The summed E-state index contributed by atoms with van der Waals surface area (Å²) in [5.41, 5.74) is 2.45. The molecule has 2 aliphatic heterocycles. The number of nitrogens with zero attached hydrogens (tertiary/aromatic N) is 2. The van der Waals surface area contributed by atoms with Gasteiger partial charge in [-0.25, -0.2) is 4.39 Å². The van der Waals surface area contributed by atoms with Crippen LogP contribution in [0.1, 0.15) is 11.7 Å². The van der Waals surface area contributed by atoms with E-state index in [9.17, 15) is 14.0 Å². The first-order chi connectivity index (χ1) is 15.0. The van der Waals surface area contributed by atoms with Gasteiger partial charge in [-0.2, -0.15) is 0 Å². The average molecular weight is 508 g/mol. The Balaban J connectivity index is 1.54. The lowest BCUT2D eigenvalue weighted by atomic mass is 9.96. The molecule has 1 atom stereocenters. The molecule has 1 fully saturated rings. The number of benzene rings is 2. The van der Waals surface area contributed by atoms with E-state index in [4.69, 9.17) is 16.3 Å². The van der Waals surface area contributed by atoms with E-state index in [1.165, 1.54) is 12.1 Å². The maximum absolute atomic E-state index is 13.5. The monoisotopic (exact) mass is 506 g/mol. The molecule has 2 aromatic carbocycles. The van der Waals surface area contributed by atoms with Crippen molar-refractivity contribution in [2.75, 3.05) is 43.0 Å². The highest BCUT2D eigenvalue weighted by molar-refractivity contribution is 9.09. The number of ketones is 1. The molecule has 0 aromatic heterocycles. The second kappa shape index (κ2) is 9.51. The van der Waals surface area contributed by atoms with E-state index in [0.717, 1.165) is 5.69 Å². The van der Waals surface area contributed by atoms with Crippen LogP contribution in [0.2, 0.25) is 5.02 Å². The first-order valence-corrected chi connectivity index (χ1v) is 11.5. The van der Waals surface area contributed by atoms with Crippen molar-refractivity contribution in [3.8, 4) is 0 Å². The van der Waals surface area contributed by atoms with Gasteiger partial charge in [0.2, 0.25) is 0 Å². The Morgan fingerprint density at radius 3 is 2.29 bits per heavy atom. The van der Waals surface area contributed by atoms with Crippen molar-refractivity contribution in [2.45, 2.75) is 6.10 Å². The summed E-state index contributed by atoms with van der Waals surface area (Å²) in [6, 6.07) is 13.5. The van der Waals surface area contributed by atoms with E-state index in [1.807, 2.05) is 24.3 Å². The van der Waals surface area contributed by atoms with Gasteiger partial charge in [-0.3, -0.25) is 9.59 Å². The number of carbonyl (C=O) groups excluding carboxylic acids is 2. The summed E-state index contributed by atoms with van der Waals surface area (Å²) in [6.45, 7) is 2.46. The van der Waals surface area contributed by atoms with Crippen LogP contribution in [0.4, 0.5) is 10.1 Å². The number of anilines is 1. The number of piperazine rings is 1. The molecule has 31 heavy (non-hydrogen) atoms. The second-order valence-corrected chi connectivity index (χ2v) is 8.44. The summed E-state index contributed by atoms with van der Waals surface area (Å²) in [7, 11) is 0. The second-order valence-electron chi connectivity index (χ2n) is 7.45.